The molecule has 0 radical (unpaired) electrons. The standard InChI is InChI=1S/C14H18N2OS/c1-9-5-3-4-6-11(9)12(7-15)14(17)13-8-16-10(2)18-13/h3-6,8,12,14,17H,7,15H2,1-2H3. The summed E-state index contributed by atoms with van der Waals surface area (Å²) in [6, 6.07) is 8.05. The van der Waals surface area contributed by atoms with E-state index in [9.17, 15) is 5.11 Å². The van der Waals surface area contributed by atoms with Crippen molar-refractivity contribution in [1.82, 2.24) is 4.98 Å². The molecule has 0 spiro atoms. The van der Waals surface area contributed by atoms with Crippen molar-refractivity contribution in [3.05, 3.63) is 51.5 Å². The van der Waals surface area contributed by atoms with Crippen molar-refractivity contribution >= 4 is 11.3 Å². The molecular formula is C14H18N2OS. The summed E-state index contributed by atoms with van der Waals surface area (Å²) in [4.78, 5) is 5.07. The van der Waals surface area contributed by atoms with Crippen LogP contribution < -0.4 is 5.73 Å². The van der Waals surface area contributed by atoms with E-state index in [1.165, 1.54) is 11.3 Å². The number of nitrogens with two attached hydrogens (primary N) is 1. The second-order valence-corrected chi connectivity index (χ2v) is 5.69. The fourth-order valence-electron chi connectivity index (χ4n) is 2.14. The van der Waals surface area contributed by atoms with Gasteiger partial charge in [0, 0.05) is 18.7 Å². The summed E-state index contributed by atoms with van der Waals surface area (Å²) in [6.45, 7) is 4.40. The molecule has 0 bridgehead atoms. The number of thiazole rings is 1. The number of rotatable bonds is 4. The van der Waals surface area contributed by atoms with Gasteiger partial charge in [0.05, 0.1) is 16.0 Å². The van der Waals surface area contributed by atoms with Crippen LogP contribution in [0.2, 0.25) is 0 Å². The van der Waals surface area contributed by atoms with Gasteiger partial charge in [-0.2, -0.15) is 0 Å². The quantitative estimate of drug-likeness (QED) is 0.890. The molecule has 3 N–H and O–H groups in total. The maximum absolute atomic E-state index is 10.5. The third kappa shape index (κ3) is 2.61. The van der Waals surface area contributed by atoms with Crippen molar-refractivity contribution in [2.24, 2.45) is 5.73 Å². The van der Waals surface area contributed by atoms with Crippen LogP contribution in [0.15, 0.2) is 30.5 Å². The van der Waals surface area contributed by atoms with E-state index in [0.29, 0.717) is 6.54 Å². The number of aromatic nitrogens is 1. The maximum Gasteiger partial charge on any atom is 0.0978 e. The molecule has 4 heteroatoms. The van der Waals surface area contributed by atoms with E-state index in [-0.39, 0.29) is 5.92 Å². The number of hydrogen-bond donors (Lipinski definition) is 2. The first-order valence-corrected chi connectivity index (χ1v) is 6.81. The van der Waals surface area contributed by atoms with Crippen LogP contribution in [0.3, 0.4) is 0 Å². The van der Waals surface area contributed by atoms with Gasteiger partial charge in [0.1, 0.15) is 0 Å². The zero-order chi connectivity index (χ0) is 13.1. The highest BCUT2D eigenvalue weighted by Gasteiger charge is 2.24. The molecule has 96 valence electrons. The number of aliphatic hydroxyl groups is 1. The van der Waals surface area contributed by atoms with Gasteiger partial charge < -0.3 is 10.8 Å². The largest absolute Gasteiger partial charge is 0.387 e. The van der Waals surface area contributed by atoms with Crippen molar-refractivity contribution in [2.75, 3.05) is 6.54 Å². The Morgan fingerprint density at radius 1 is 1.33 bits per heavy atom. The molecule has 0 aliphatic rings. The molecule has 0 amide bonds. The van der Waals surface area contributed by atoms with Gasteiger partial charge in [0.15, 0.2) is 0 Å². The van der Waals surface area contributed by atoms with E-state index in [1.54, 1.807) is 6.20 Å². The van der Waals surface area contributed by atoms with Crippen LogP contribution >= 0.6 is 11.3 Å². The molecule has 2 atom stereocenters. The molecule has 0 saturated heterocycles. The second-order valence-electron chi connectivity index (χ2n) is 4.43. The lowest BCUT2D eigenvalue weighted by atomic mass is 9.89. The van der Waals surface area contributed by atoms with E-state index in [1.807, 2.05) is 38.1 Å². The zero-order valence-electron chi connectivity index (χ0n) is 10.6. The third-order valence-corrected chi connectivity index (χ3v) is 4.14. The van der Waals surface area contributed by atoms with Crippen LogP contribution in [-0.2, 0) is 0 Å². The molecule has 18 heavy (non-hydrogen) atoms. The average molecular weight is 262 g/mol. The molecular weight excluding hydrogens is 244 g/mol. The Hall–Kier alpha value is -1.23. The van der Waals surface area contributed by atoms with Gasteiger partial charge in [-0.15, -0.1) is 11.3 Å². The predicted octanol–water partition coefficient (Wildman–Crippen LogP) is 2.54. The fraction of sp³-hybridized carbons (Fsp3) is 0.357. The third-order valence-electron chi connectivity index (χ3n) is 3.15. The summed E-state index contributed by atoms with van der Waals surface area (Å²) in [7, 11) is 0. The van der Waals surface area contributed by atoms with E-state index in [0.717, 1.165) is 21.0 Å². The van der Waals surface area contributed by atoms with Crippen LogP contribution in [0.25, 0.3) is 0 Å². The van der Waals surface area contributed by atoms with Gasteiger partial charge in [-0.1, -0.05) is 24.3 Å². The lowest BCUT2D eigenvalue weighted by Crippen LogP contribution is -2.20. The molecule has 0 fully saturated rings. The number of aryl methyl sites for hydroxylation is 2. The Kier molecular flexibility index (Phi) is 4.11. The Morgan fingerprint density at radius 2 is 2.06 bits per heavy atom. The molecule has 2 rings (SSSR count). The second kappa shape index (κ2) is 5.61. The number of hydrogen-bond acceptors (Lipinski definition) is 4. The minimum absolute atomic E-state index is 0.0777. The van der Waals surface area contributed by atoms with E-state index < -0.39 is 6.10 Å². The molecule has 1 aromatic heterocycles. The Bertz CT molecular complexity index is 524. The Labute approximate surface area is 111 Å². The molecule has 2 aromatic rings. The van der Waals surface area contributed by atoms with Crippen molar-refractivity contribution in [1.29, 1.82) is 0 Å². The van der Waals surface area contributed by atoms with Crippen LogP contribution in [0.4, 0.5) is 0 Å². The normalized spacial score (nSPS) is 14.4. The topological polar surface area (TPSA) is 59.1 Å². The molecule has 2 unspecified atom stereocenters. The van der Waals surface area contributed by atoms with Gasteiger partial charge in [-0.25, -0.2) is 4.98 Å². The zero-order valence-corrected chi connectivity index (χ0v) is 11.4. The molecule has 0 saturated carbocycles. The number of nitrogens with zero attached hydrogens (tertiary/aromatic N) is 1. The van der Waals surface area contributed by atoms with Crippen molar-refractivity contribution in [2.45, 2.75) is 25.9 Å². The molecule has 0 aliphatic carbocycles. The summed E-state index contributed by atoms with van der Waals surface area (Å²) in [5.74, 6) is -0.0777. The first-order valence-electron chi connectivity index (χ1n) is 5.99. The van der Waals surface area contributed by atoms with Gasteiger partial charge in [-0.05, 0) is 25.0 Å². The van der Waals surface area contributed by atoms with Crippen molar-refractivity contribution < 1.29 is 5.11 Å². The van der Waals surface area contributed by atoms with Crippen molar-refractivity contribution in [3.63, 3.8) is 0 Å². The lowest BCUT2D eigenvalue weighted by Gasteiger charge is -2.22. The summed E-state index contributed by atoms with van der Waals surface area (Å²) >= 11 is 1.52. The molecule has 0 aliphatic heterocycles. The van der Waals surface area contributed by atoms with Gasteiger partial charge in [-0.3, -0.25) is 0 Å². The van der Waals surface area contributed by atoms with E-state index in [2.05, 4.69) is 4.98 Å². The fourth-order valence-corrected chi connectivity index (χ4v) is 2.98. The highest BCUT2D eigenvalue weighted by atomic mass is 32.1. The summed E-state index contributed by atoms with van der Waals surface area (Å²) in [5.41, 5.74) is 8.11. The average Bonchev–Trinajstić information content (AvgIpc) is 2.79. The maximum atomic E-state index is 10.5. The minimum Gasteiger partial charge on any atom is -0.387 e. The monoisotopic (exact) mass is 262 g/mol. The summed E-state index contributed by atoms with van der Waals surface area (Å²) in [5, 5.41) is 11.4. The molecule has 1 heterocycles. The van der Waals surface area contributed by atoms with Crippen molar-refractivity contribution in [3.8, 4) is 0 Å². The van der Waals surface area contributed by atoms with Gasteiger partial charge in [0.2, 0.25) is 0 Å². The molecule has 1 aromatic carbocycles. The molecule has 3 nitrogen and oxygen atoms in total. The van der Waals surface area contributed by atoms with Crippen LogP contribution in [0.1, 0.15) is 33.0 Å². The van der Waals surface area contributed by atoms with E-state index in [4.69, 9.17) is 5.73 Å². The Balaban J connectivity index is 2.32. The summed E-state index contributed by atoms with van der Waals surface area (Å²) < 4.78 is 0. The van der Waals surface area contributed by atoms with E-state index >= 15 is 0 Å². The van der Waals surface area contributed by atoms with Crippen LogP contribution in [-0.4, -0.2) is 16.6 Å². The van der Waals surface area contributed by atoms with Gasteiger partial charge >= 0.3 is 0 Å². The van der Waals surface area contributed by atoms with Crippen LogP contribution in [0, 0.1) is 13.8 Å². The lowest BCUT2D eigenvalue weighted by molar-refractivity contribution is 0.150. The highest BCUT2D eigenvalue weighted by Crippen LogP contribution is 2.34. The summed E-state index contributed by atoms with van der Waals surface area (Å²) in [6.07, 6.45) is 1.16. The predicted molar refractivity (Wildman–Crippen MR) is 74.8 cm³/mol. The first kappa shape index (κ1) is 13.2. The number of benzene rings is 1. The van der Waals surface area contributed by atoms with Gasteiger partial charge in [0.25, 0.3) is 0 Å². The SMILES string of the molecule is Cc1ncc(C(O)C(CN)c2ccccc2C)s1. The Morgan fingerprint density at radius 3 is 2.61 bits per heavy atom. The first-order chi connectivity index (χ1) is 8.63. The van der Waals surface area contributed by atoms with Crippen LogP contribution in [0.5, 0.6) is 0 Å². The minimum atomic E-state index is -0.581. The highest BCUT2D eigenvalue weighted by molar-refractivity contribution is 7.11. The smallest absolute Gasteiger partial charge is 0.0978 e. The number of aliphatic hydroxyl groups excluding tert-OH is 1.